The Bertz CT molecular complexity index is 1370. The molecule has 0 bridgehead atoms. The number of aromatic nitrogens is 2. The Labute approximate surface area is 218 Å². The van der Waals surface area contributed by atoms with Crippen molar-refractivity contribution in [3.63, 3.8) is 0 Å². The first-order valence-electron chi connectivity index (χ1n) is 11.6. The number of nitrogens with two attached hydrogens (primary N) is 1. The van der Waals surface area contributed by atoms with E-state index in [0.717, 1.165) is 11.4 Å². The standard InChI is InChI=1S/C26H24Cl2N6O2/c1-26(13-16-2-4-17(14-29)5-3-16)24(36)33(21-11-19(27)10-20(28)12-21)25-31-15-22(34(25)26)32-8-6-18(7-9-32)23(30)35/h2-5,10-12,15,18H,6-9,13H2,1H3,(H2,30,35)/t26-/m1/s1. The first-order valence-corrected chi connectivity index (χ1v) is 12.4. The molecule has 1 fully saturated rings. The minimum absolute atomic E-state index is 0.154. The molecule has 2 aromatic carbocycles. The number of imidazole rings is 1. The lowest BCUT2D eigenvalue weighted by Gasteiger charge is -2.35. The number of piperidine rings is 1. The minimum Gasteiger partial charge on any atom is -0.369 e. The van der Waals surface area contributed by atoms with Crippen LogP contribution in [0.3, 0.4) is 0 Å². The summed E-state index contributed by atoms with van der Waals surface area (Å²) in [6, 6.07) is 14.3. The van der Waals surface area contributed by atoms with Crippen LogP contribution in [0.15, 0.2) is 48.7 Å². The Morgan fingerprint density at radius 2 is 1.81 bits per heavy atom. The van der Waals surface area contributed by atoms with Crippen LogP contribution >= 0.6 is 23.2 Å². The van der Waals surface area contributed by atoms with E-state index < -0.39 is 5.54 Å². The SMILES string of the molecule is C[C@@]1(Cc2ccc(C#N)cc2)C(=O)N(c2cc(Cl)cc(Cl)c2)c2ncc(N3CCC(C(N)=O)CC3)n21. The third-order valence-electron chi connectivity index (χ3n) is 7.04. The molecule has 3 heterocycles. The van der Waals surface area contributed by atoms with Crippen molar-refractivity contribution in [1.82, 2.24) is 9.55 Å². The molecule has 184 valence electrons. The number of amides is 2. The lowest BCUT2D eigenvalue weighted by molar-refractivity contribution is -0.124. The van der Waals surface area contributed by atoms with Crippen LogP contribution in [0.25, 0.3) is 0 Å². The summed E-state index contributed by atoms with van der Waals surface area (Å²) >= 11 is 12.6. The number of rotatable bonds is 5. The van der Waals surface area contributed by atoms with Gasteiger partial charge in [0.05, 0.1) is 23.5 Å². The first kappa shape index (κ1) is 24.2. The molecule has 1 saturated heterocycles. The molecule has 1 aromatic heterocycles. The highest BCUT2D eigenvalue weighted by Crippen LogP contribution is 2.46. The molecule has 0 unspecified atom stereocenters. The zero-order valence-corrected chi connectivity index (χ0v) is 21.1. The van der Waals surface area contributed by atoms with Crippen molar-refractivity contribution < 1.29 is 9.59 Å². The van der Waals surface area contributed by atoms with Crippen LogP contribution in [0.4, 0.5) is 17.5 Å². The van der Waals surface area contributed by atoms with E-state index in [0.29, 0.717) is 59.6 Å². The van der Waals surface area contributed by atoms with E-state index in [2.05, 4.69) is 16.0 Å². The zero-order chi connectivity index (χ0) is 25.6. The van der Waals surface area contributed by atoms with Gasteiger partial charge in [-0.25, -0.2) is 9.88 Å². The molecule has 2 N–H and O–H groups in total. The van der Waals surface area contributed by atoms with Crippen LogP contribution in [0.2, 0.25) is 10.0 Å². The van der Waals surface area contributed by atoms with Gasteiger partial charge in [0.1, 0.15) is 11.4 Å². The number of anilines is 3. The molecule has 0 saturated carbocycles. The third kappa shape index (κ3) is 4.08. The maximum absolute atomic E-state index is 14.1. The highest BCUT2D eigenvalue weighted by Gasteiger charge is 2.51. The van der Waals surface area contributed by atoms with Gasteiger partial charge in [-0.2, -0.15) is 5.26 Å². The summed E-state index contributed by atoms with van der Waals surface area (Å²) in [5.41, 5.74) is 6.52. The van der Waals surface area contributed by atoms with Crippen LogP contribution in [0.1, 0.15) is 30.9 Å². The summed E-state index contributed by atoms with van der Waals surface area (Å²) < 4.78 is 1.97. The molecular formula is C26H24Cl2N6O2. The summed E-state index contributed by atoms with van der Waals surface area (Å²) in [6.45, 7) is 3.15. The molecule has 0 spiro atoms. The molecule has 36 heavy (non-hydrogen) atoms. The molecule has 0 aliphatic carbocycles. The topological polar surface area (TPSA) is 108 Å². The lowest BCUT2D eigenvalue weighted by atomic mass is 9.91. The summed E-state index contributed by atoms with van der Waals surface area (Å²) in [5.74, 6) is 0.674. The Hall–Kier alpha value is -3.54. The number of carbonyl (C=O) groups is 2. The van der Waals surface area contributed by atoms with E-state index >= 15 is 0 Å². The van der Waals surface area contributed by atoms with E-state index in [1.54, 1.807) is 41.4 Å². The molecule has 10 heteroatoms. The highest BCUT2D eigenvalue weighted by molar-refractivity contribution is 6.35. The van der Waals surface area contributed by atoms with E-state index in [9.17, 15) is 9.59 Å². The Kier molecular flexibility index (Phi) is 6.15. The van der Waals surface area contributed by atoms with Crippen molar-refractivity contribution in [2.24, 2.45) is 11.7 Å². The van der Waals surface area contributed by atoms with Gasteiger partial charge in [0, 0.05) is 35.5 Å². The maximum atomic E-state index is 14.1. The van der Waals surface area contributed by atoms with Gasteiger partial charge < -0.3 is 10.6 Å². The molecule has 8 nitrogen and oxygen atoms in total. The maximum Gasteiger partial charge on any atom is 0.260 e. The van der Waals surface area contributed by atoms with Crippen molar-refractivity contribution in [2.75, 3.05) is 22.9 Å². The third-order valence-corrected chi connectivity index (χ3v) is 7.48. The number of fused-ring (bicyclic) bond motifs is 1. The second-order valence-corrected chi connectivity index (χ2v) is 10.3. The number of carbonyl (C=O) groups excluding carboxylic acids is 2. The van der Waals surface area contributed by atoms with Gasteiger partial charge in [0.2, 0.25) is 11.9 Å². The van der Waals surface area contributed by atoms with Crippen molar-refractivity contribution >= 4 is 52.5 Å². The normalized spacial score (nSPS) is 19.9. The van der Waals surface area contributed by atoms with Crippen LogP contribution in [-0.2, 0) is 21.5 Å². The van der Waals surface area contributed by atoms with Crippen LogP contribution in [-0.4, -0.2) is 34.5 Å². The number of hydrogen-bond donors (Lipinski definition) is 1. The molecular weight excluding hydrogens is 499 g/mol. The van der Waals surface area contributed by atoms with Gasteiger partial charge >= 0.3 is 0 Å². The predicted molar refractivity (Wildman–Crippen MR) is 138 cm³/mol. The van der Waals surface area contributed by atoms with E-state index in [-0.39, 0.29) is 17.7 Å². The monoisotopic (exact) mass is 522 g/mol. The second-order valence-electron chi connectivity index (χ2n) is 9.44. The van der Waals surface area contributed by atoms with Crippen molar-refractivity contribution in [2.45, 2.75) is 31.7 Å². The van der Waals surface area contributed by atoms with Gasteiger partial charge in [0.15, 0.2) is 0 Å². The van der Waals surface area contributed by atoms with Crippen molar-refractivity contribution in [3.05, 3.63) is 69.8 Å². The predicted octanol–water partition coefficient (Wildman–Crippen LogP) is 4.40. The van der Waals surface area contributed by atoms with E-state index in [1.165, 1.54) is 0 Å². The summed E-state index contributed by atoms with van der Waals surface area (Å²) in [4.78, 5) is 34.2. The molecule has 1 atom stereocenters. The van der Waals surface area contributed by atoms with E-state index in [4.69, 9.17) is 34.2 Å². The largest absolute Gasteiger partial charge is 0.369 e. The van der Waals surface area contributed by atoms with Crippen molar-refractivity contribution in [3.8, 4) is 6.07 Å². The molecule has 2 aliphatic rings. The summed E-state index contributed by atoms with van der Waals surface area (Å²) in [7, 11) is 0. The Balaban J connectivity index is 1.59. The van der Waals surface area contributed by atoms with Crippen molar-refractivity contribution in [1.29, 1.82) is 5.26 Å². The van der Waals surface area contributed by atoms with Gasteiger partial charge in [-0.3, -0.25) is 14.2 Å². The number of nitrogens with zero attached hydrogens (tertiary/aromatic N) is 5. The molecule has 5 rings (SSSR count). The highest BCUT2D eigenvalue weighted by atomic mass is 35.5. The fourth-order valence-electron chi connectivity index (χ4n) is 5.16. The number of hydrogen-bond acceptors (Lipinski definition) is 5. The molecule has 2 amide bonds. The fraction of sp³-hybridized carbons (Fsp3) is 0.308. The van der Waals surface area contributed by atoms with Crippen LogP contribution in [0, 0.1) is 17.2 Å². The lowest BCUT2D eigenvalue weighted by Crippen LogP contribution is -2.44. The molecule has 2 aliphatic heterocycles. The molecule has 0 radical (unpaired) electrons. The van der Waals surface area contributed by atoms with Gasteiger partial charge in [-0.1, -0.05) is 35.3 Å². The quantitative estimate of drug-likeness (QED) is 0.534. The van der Waals surface area contributed by atoms with Crippen LogP contribution < -0.4 is 15.5 Å². The van der Waals surface area contributed by atoms with Gasteiger partial charge in [-0.05, 0) is 55.7 Å². The fourth-order valence-corrected chi connectivity index (χ4v) is 5.67. The van der Waals surface area contributed by atoms with Gasteiger partial charge in [0.25, 0.3) is 5.91 Å². The number of halogens is 2. The summed E-state index contributed by atoms with van der Waals surface area (Å²) in [6.07, 6.45) is 3.44. The number of benzene rings is 2. The summed E-state index contributed by atoms with van der Waals surface area (Å²) in [5, 5.41) is 10.00. The number of nitriles is 1. The Morgan fingerprint density at radius 3 is 2.39 bits per heavy atom. The smallest absolute Gasteiger partial charge is 0.260 e. The second kappa shape index (κ2) is 9.16. The van der Waals surface area contributed by atoms with Gasteiger partial charge in [-0.15, -0.1) is 0 Å². The first-order chi connectivity index (χ1) is 17.2. The number of primary amides is 1. The average Bonchev–Trinajstić information content (AvgIpc) is 3.37. The van der Waals surface area contributed by atoms with Crippen LogP contribution in [0.5, 0.6) is 0 Å². The zero-order valence-electron chi connectivity index (χ0n) is 19.6. The van der Waals surface area contributed by atoms with E-state index in [1.807, 2.05) is 23.6 Å². The minimum atomic E-state index is -1.01. The average molecular weight is 523 g/mol. The molecule has 3 aromatic rings. The Morgan fingerprint density at radius 1 is 1.17 bits per heavy atom.